The van der Waals surface area contributed by atoms with Crippen molar-refractivity contribution in [2.75, 3.05) is 11.9 Å². The molecule has 0 radical (unpaired) electrons. The lowest BCUT2D eigenvalue weighted by Crippen LogP contribution is -2.31. The fourth-order valence-electron chi connectivity index (χ4n) is 2.96. The van der Waals surface area contributed by atoms with Crippen LogP contribution in [0.15, 0.2) is 78.9 Å². The summed E-state index contributed by atoms with van der Waals surface area (Å²) in [5.74, 6) is 0.206. The Bertz CT molecular complexity index is 983. The lowest BCUT2D eigenvalue weighted by molar-refractivity contribution is 0.0944. The number of carbonyl (C=O) groups excluding carboxylic acids is 2. The minimum absolute atomic E-state index is 0.00990. The van der Waals surface area contributed by atoms with Crippen molar-refractivity contribution in [2.24, 2.45) is 0 Å². The monoisotopic (exact) mass is 402 g/mol. The van der Waals surface area contributed by atoms with Crippen molar-refractivity contribution < 1.29 is 14.3 Å². The van der Waals surface area contributed by atoms with Crippen molar-refractivity contribution in [3.63, 3.8) is 0 Å². The smallest absolute Gasteiger partial charge is 0.255 e. The third kappa shape index (κ3) is 5.95. The molecule has 3 aromatic carbocycles. The molecular weight excluding hydrogens is 376 g/mol. The molecule has 5 nitrogen and oxygen atoms in total. The van der Waals surface area contributed by atoms with Crippen LogP contribution >= 0.6 is 0 Å². The summed E-state index contributed by atoms with van der Waals surface area (Å²) in [4.78, 5) is 25.0. The van der Waals surface area contributed by atoms with Gasteiger partial charge in [-0.2, -0.15) is 0 Å². The maximum atomic E-state index is 12.6. The minimum Gasteiger partial charge on any atom is -0.493 e. The van der Waals surface area contributed by atoms with E-state index in [-0.39, 0.29) is 17.9 Å². The molecule has 0 bridgehead atoms. The number of nitrogens with one attached hydrogen (secondary N) is 2. The van der Waals surface area contributed by atoms with Gasteiger partial charge < -0.3 is 15.4 Å². The van der Waals surface area contributed by atoms with Gasteiger partial charge in [0.05, 0.1) is 17.9 Å². The molecule has 3 aromatic rings. The molecular formula is C25H26N2O3. The number of ether oxygens (including phenoxy) is 1. The number of hydrogen-bond donors (Lipinski definition) is 2. The van der Waals surface area contributed by atoms with Gasteiger partial charge in [0.15, 0.2) is 0 Å². The Labute approximate surface area is 177 Å². The van der Waals surface area contributed by atoms with Gasteiger partial charge in [-0.15, -0.1) is 0 Å². The van der Waals surface area contributed by atoms with E-state index in [2.05, 4.69) is 22.8 Å². The van der Waals surface area contributed by atoms with E-state index in [0.717, 1.165) is 6.42 Å². The predicted molar refractivity (Wildman–Crippen MR) is 119 cm³/mol. The van der Waals surface area contributed by atoms with E-state index in [0.29, 0.717) is 29.2 Å². The van der Waals surface area contributed by atoms with Crippen LogP contribution in [0.25, 0.3) is 0 Å². The van der Waals surface area contributed by atoms with Crippen LogP contribution in [0.3, 0.4) is 0 Å². The number of anilines is 1. The molecule has 5 heteroatoms. The quantitative estimate of drug-likeness (QED) is 0.574. The molecule has 0 aliphatic rings. The summed E-state index contributed by atoms with van der Waals surface area (Å²) < 4.78 is 5.77. The summed E-state index contributed by atoms with van der Waals surface area (Å²) in [6.07, 6.45) is 0.818. The Morgan fingerprint density at radius 2 is 1.50 bits per heavy atom. The molecule has 0 unspecified atom stereocenters. The van der Waals surface area contributed by atoms with Gasteiger partial charge in [0, 0.05) is 18.0 Å². The first-order valence-corrected chi connectivity index (χ1v) is 10.0. The zero-order valence-electron chi connectivity index (χ0n) is 17.2. The van der Waals surface area contributed by atoms with Crippen molar-refractivity contribution in [1.29, 1.82) is 0 Å². The molecule has 3 rings (SSSR count). The van der Waals surface area contributed by atoms with E-state index in [4.69, 9.17) is 4.74 Å². The van der Waals surface area contributed by atoms with Gasteiger partial charge in [0.2, 0.25) is 0 Å². The van der Waals surface area contributed by atoms with E-state index < -0.39 is 0 Å². The normalized spacial score (nSPS) is 10.5. The van der Waals surface area contributed by atoms with Crippen LogP contribution in [-0.2, 0) is 6.42 Å². The van der Waals surface area contributed by atoms with Crippen molar-refractivity contribution in [3.8, 4) is 5.75 Å². The van der Waals surface area contributed by atoms with E-state index in [1.54, 1.807) is 48.5 Å². The van der Waals surface area contributed by atoms with Crippen LogP contribution in [0.1, 0.15) is 40.1 Å². The number of rotatable bonds is 8. The first-order valence-electron chi connectivity index (χ1n) is 10.0. The zero-order chi connectivity index (χ0) is 21.3. The van der Waals surface area contributed by atoms with E-state index in [1.807, 2.05) is 32.0 Å². The number of carbonyl (C=O) groups is 2. The van der Waals surface area contributed by atoms with Crippen LogP contribution in [0.4, 0.5) is 5.69 Å². The Morgan fingerprint density at radius 1 is 0.833 bits per heavy atom. The highest BCUT2D eigenvalue weighted by Gasteiger charge is 2.14. The van der Waals surface area contributed by atoms with Gasteiger partial charge in [-0.05, 0) is 55.8 Å². The Kier molecular flexibility index (Phi) is 7.22. The van der Waals surface area contributed by atoms with Crippen LogP contribution in [-0.4, -0.2) is 24.5 Å². The van der Waals surface area contributed by atoms with E-state index >= 15 is 0 Å². The number of benzene rings is 3. The molecule has 0 aromatic heterocycles. The Morgan fingerprint density at radius 3 is 2.20 bits per heavy atom. The third-order valence-electron chi connectivity index (χ3n) is 4.46. The van der Waals surface area contributed by atoms with Crippen LogP contribution in [0.2, 0.25) is 0 Å². The Hall–Kier alpha value is -3.60. The maximum absolute atomic E-state index is 12.6. The van der Waals surface area contributed by atoms with Crippen molar-refractivity contribution in [3.05, 3.63) is 95.6 Å². The molecule has 0 saturated heterocycles. The van der Waals surface area contributed by atoms with Gasteiger partial charge in [-0.25, -0.2) is 0 Å². The lowest BCUT2D eigenvalue weighted by atomic mass is 10.1. The van der Waals surface area contributed by atoms with E-state index in [9.17, 15) is 9.59 Å². The number of amides is 2. The predicted octanol–water partition coefficient (Wildman–Crippen LogP) is 4.70. The van der Waals surface area contributed by atoms with Gasteiger partial charge in [0.25, 0.3) is 11.8 Å². The SMILES string of the molecule is CC(C)NC(=O)c1ccccc1NC(=O)c1ccc(OCCc2ccccc2)cc1. The fourth-order valence-corrected chi connectivity index (χ4v) is 2.96. The van der Waals surface area contributed by atoms with Gasteiger partial charge in [-0.3, -0.25) is 9.59 Å². The highest BCUT2D eigenvalue weighted by atomic mass is 16.5. The first kappa shape index (κ1) is 21.1. The number of para-hydroxylation sites is 1. The summed E-state index contributed by atoms with van der Waals surface area (Å²) >= 11 is 0. The lowest BCUT2D eigenvalue weighted by Gasteiger charge is -2.13. The molecule has 0 saturated carbocycles. The summed E-state index contributed by atoms with van der Waals surface area (Å²) in [5.41, 5.74) is 2.61. The van der Waals surface area contributed by atoms with Crippen LogP contribution in [0, 0.1) is 0 Å². The van der Waals surface area contributed by atoms with Crippen molar-refractivity contribution >= 4 is 17.5 Å². The summed E-state index contributed by atoms with van der Waals surface area (Å²) in [5, 5.41) is 5.67. The van der Waals surface area contributed by atoms with E-state index in [1.165, 1.54) is 5.56 Å². The third-order valence-corrected chi connectivity index (χ3v) is 4.46. The first-order chi connectivity index (χ1) is 14.5. The molecule has 0 atom stereocenters. The average Bonchev–Trinajstić information content (AvgIpc) is 2.75. The second-order valence-corrected chi connectivity index (χ2v) is 7.24. The molecule has 2 amide bonds. The molecule has 154 valence electrons. The standard InChI is InChI=1S/C25H26N2O3/c1-18(2)26-25(29)22-10-6-7-11-23(22)27-24(28)20-12-14-21(15-13-20)30-17-16-19-8-4-3-5-9-19/h3-15,18H,16-17H2,1-2H3,(H,26,29)(H,27,28). The van der Waals surface area contributed by atoms with Crippen molar-refractivity contribution in [2.45, 2.75) is 26.3 Å². The van der Waals surface area contributed by atoms with Crippen LogP contribution < -0.4 is 15.4 Å². The highest BCUT2D eigenvalue weighted by Crippen LogP contribution is 2.18. The maximum Gasteiger partial charge on any atom is 0.255 e. The second kappa shape index (κ2) is 10.3. The number of hydrogen-bond acceptors (Lipinski definition) is 3. The zero-order valence-corrected chi connectivity index (χ0v) is 17.2. The summed E-state index contributed by atoms with van der Waals surface area (Å²) in [7, 11) is 0. The van der Waals surface area contributed by atoms with Crippen molar-refractivity contribution in [1.82, 2.24) is 5.32 Å². The van der Waals surface area contributed by atoms with Gasteiger partial charge in [0.1, 0.15) is 5.75 Å². The average molecular weight is 402 g/mol. The fraction of sp³-hybridized carbons (Fsp3) is 0.200. The molecule has 0 fully saturated rings. The molecule has 0 aliphatic carbocycles. The highest BCUT2D eigenvalue weighted by molar-refractivity contribution is 6.09. The Balaban J connectivity index is 1.59. The van der Waals surface area contributed by atoms with Gasteiger partial charge in [-0.1, -0.05) is 42.5 Å². The molecule has 0 heterocycles. The molecule has 0 aliphatic heterocycles. The summed E-state index contributed by atoms with van der Waals surface area (Å²) in [6.45, 7) is 4.35. The second-order valence-electron chi connectivity index (χ2n) is 7.24. The molecule has 0 spiro atoms. The summed E-state index contributed by atoms with van der Waals surface area (Å²) in [6, 6.07) is 24.1. The molecule has 30 heavy (non-hydrogen) atoms. The largest absolute Gasteiger partial charge is 0.493 e. The van der Waals surface area contributed by atoms with Crippen LogP contribution in [0.5, 0.6) is 5.75 Å². The van der Waals surface area contributed by atoms with Gasteiger partial charge >= 0.3 is 0 Å². The topological polar surface area (TPSA) is 67.4 Å². The minimum atomic E-state index is -0.282. The molecule has 2 N–H and O–H groups in total.